The third-order valence-corrected chi connectivity index (χ3v) is 2.30. The normalized spacial score (nSPS) is 9.81. The molecule has 0 saturated carbocycles. The van der Waals surface area contributed by atoms with E-state index in [-0.39, 0.29) is 5.97 Å². The van der Waals surface area contributed by atoms with Crippen molar-refractivity contribution in [3.63, 3.8) is 0 Å². The van der Waals surface area contributed by atoms with Crippen LogP contribution in [0.5, 0.6) is 5.75 Å². The molecule has 0 N–H and O–H groups in total. The van der Waals surface area contributed by atoms with Crippen LogP contribution in [-0.2, 0) is 4.79 Å². The van der Waals surface area contributed by atoms with E-state index in [1.54, 1.807) is 24.3 Å². The van der Waals surface area contributed by atoms with Gasteiger partial charge in [-0.05, 0) is 25.0 Å². The number of aldehydes is 1. The highest BCUT2D eigenvalue weighted by Gasteiger charge is 2.07. The summed E-state index contributed by atoms with van der Waals surface area (Å²) < 4.78 is 5.07. The van der Waals surface area contributed by atoms with Gasteiger partial charge in [0.25, 0.3) is 0 Å². The van der Waals surface area contributed by atoms with Crippen molar-refractivity contribution in [3.8, 4) is 5.75 Å². The number of alkyl halides is 1. The van der Waals surface area contributed by atoms with Crippen LogP contribution in [0.2, 0.25) is 0 Å². The molecule has 0 spiro atoms. The van der Waals surface area contributed by atoms with Crippen LogP contribution in [0.3, 0.4) is 0 Å². The zero-order chi connectivity index (χ0) is 11.8. The summed E-state index contributed by atoms with van der Waals surface area (Å²) >= 11 is 5.49. The third-order valence-electron chi connectivity index (χ3n) is 2.03. The average molecular weight is 241 g/mol. The van der Waals surface area contributed by atoms with Gasteiger partial charge >= 0.3 is 5.97 Å². The Kier molecular flexibility index (Phi) is 5.57. The number of hydrogen-bond donors (Lipinski definition) is 0. The third kappa shape index (κ3) is 4.03. The molecule has 0 aromatic heterocycles. The summed E-state index contributed by atoms with van der Waals surface area (Å²) in [5.74, 6) is 0.519. The fraction of sp³-hybridized carbons (Fsp3) is 0.333. The van der Waals surface area contributed by atoms with Crippen molar-refractivity contribution in [2.24, 2.45) is 0 Å². The molecule has 1 rings (SSSR count). The second-order valence-corrected chi connectivity index (χ2v) is 3.65. The van der Waals surface area contributed by atoms with Gasteiger partial charge in [-0.3, -0.25) is 9.59 Å². The number of hydrogen-bond acceptors (Lipinski definition) is 3. The van der Waals surface area contributed by atoms with Crippen LogP contribution in [0.15, 0.2) is 24.3 Å². The van der Waals surface area contributed by atoms with Gasteiger partial charge in [0.15, 0.2) is 6.29 Å². The van der Waals surface area contributed by atoms with Crippen LogP contribution < -0.4 is 4.74 Å². The number of esters is 1. The highest BCUT2D eigenvalue weighted by Crippen LogP contribution is 2.16. The van der Waals surface area contributed by atoms with Crippen molar-refractivity contribution in [2.75, 3.05) is 5.88 Å². The van der Waals surface area contributed by atoms with Gasteiger partial charge in [0.2, 0.25) is 0 Å². The molecule has 0 amide bonds. The predicted octanol–water partition coefficient (Wildman–Crippen LogP) is 2.81. The molecule has 4 heteroatoms. The highest BCUT2D eigenvalue weighted by molar-refractivity contribution is 6.17. The quantitative estimate of drug-likeness (QED) is 0.253. The smallest absolute Gasteiger partial charge is 0.311 e. The van der Waals surface area contributed by atoms with Gasteiger partial charge in [-0.15, -0.1) is 11.6 Å². The Balaban J connectivity index is 2.52. The number of carbonyl (C=O) groups excluding carboxylic acids is 2. The maximum absolute atomic E-state index is 11.4. The van der Waals surface area contributed by atoms with Gasteiger partial charge in [0, 0.05) is 12.3 Å². The van der Waals surface area contributed by atoms with E-state index in [4.69, 9.17) is 16.3 Å². The first-order valence-electron chi connectivity index (χ1n) is 5.08. The van der Waals surface area contributed by atoms with Crippen LogP contribution in [0.4, 0.5) is 0 Å². The van der Waals surface area contributed by atoms with Gasteiger partial charge < -0.3 is 4.74 Å². The number of halogens is 1. The number of para-hydroxylation sites is 1. The van der Waals surface area contributed by atoms with E-state index in [2.05, 4.69) is 0 Å². The van der Waals surface area contributed by atoms with E-state index in [0.717, 1.165) is 6.42 Å². The van der Waals surface area contributed by atoms with Gasteiger partial charge in [0.05, 0.1) is 5.56 Å². The van der Waals surface area contributed by atoms with E-state index in [1.807, 2.05) is 0 Å². The number of rotatable bonds is 6. The maximum atomic E-state index is 11.4. The van der Waals surface area contributed by atoms with Crippen molar-refractivity contribution in [1.29, 1.82) is 0 Å². The van der Waals surface area contributed by atoms with E-state index in [0.29, 0.717) is 36.3 Å². The monoisotopic (exact) mass is 240 g/mol. The lowest BCUT2D eigenvalue weighted by molar-refractivity contribution is -0.134. The summed E-state index contributed by atoms with van der Waals surface area (Å²) in [6.07, 6.45) is 2.47. The van der Waals surface area contributed by atoms with E-state index in [9.17, 15) is 9.59 Å². The van der Waals surface area contributed by atoms with Crippen molar-refractivity contribution in [1.82, 2.24) is 0 Å². The molecule has 0 radical (unpaired) electrons. The SMILES string of the molecule is O=Cc1ccccc1OC(=O)CCCCCl. The number of benzene rings is 1. The van der Waals surface area contributed by atoms with Gasteiger partial charge in [-0.25, -0.2) is 0 Å². The van der Waals surface area contributed by atoms with Gasteiger partial charge in [-0.2, -0.15) is 0 Å². The second-order valence-electron chi connectivity index (χ2n) is 3.28. The Morgan fingerprint density at radius 1 is 1.31 bits per heavy atom. The molecule has 3 nitrogen and oxygen atoms in total. The van der Waals surface area contributed by atoms with Gasteiger partial charge in [-0.1, -0.05) is 12.1 Å². The molecule has 0 saturated heterocycles. The summed E-state index contributed by atoms with van der Waals surface area (Å²) in [6, 6.07) is 6.64. The molecule has 86 valence electrons. The first kappa shape index (κ1) is 12.7. The first-order valence-corrected chi connectivity index (χ1v) is 5.62. The van der Waals surface area contributed by atoms with Crippen molar-refractivity contribution >= 4 is 23.9 Å². The molecule has 0 aliphatic carbocycles. The van der Waals surface area contributed by atoms with Crippen LogP contribution in [0.1, 0.15) is 29.6 Å². The Morgan fingerprint density at radius 3 is 2.75 bits per heavy atom. The largest absolute Gasteiger partial charge is 0.426 e. The lowest BCUT2D eigenvalue weighted by Gasteiger charge is -2.05. The minimum atomic E-state index is -0.334. The lowest BCUT2D eigenvalue weighted by atomic mass is 10.2. The summed E-state index contributed by atoms with van der Waals surface area (Å²) in [5, 5.41) is 0. The number of ether oxygens (including phenoxy) is 1. The zero-order valence-electron chi connectivity index (χ0n) is 8.82. The second kappa shape index (κ2) is 7.01. The van der Waals surface area contributed by atoms with Gasteiger partial charge in [0.1, 0.15) is 5.75 Å². The molecule has 0 bridgehead atoms. The predicted molar refractivity (Wildman–Crippen MR) is 62.0 cm³/mol. The van der Waals surface area contributed by atoms with Crippen molar-refractivity contribution < 1.29 is 14.3 Å². The highest BCUT2D eigenvalue weighted by atomic mass is 35.5. The fourth-order valence-electron chi connectivity index (χ4n) is 1.21. The van der Waals surface area contributed by atoms with Crippen LogP contribution >= 0.6 is 11.6 Å². The fourth-order valence-corrected chi connectivity index (χ4v) is 1.40. The minimum Gasteiger partial charge on any atom is -0.426 e. The molecule has 0 fully saturated rings. The Bertz CT molecular complexity index is 363. The summed E-state index contributed by atoms with van der Waals surface area (Å²) in [4.78, 5) is 22.0. The van der Waals surface area contributed by atoms with E-state index in [1.165, 1.54) is 0 Å². The maximum Gasteiger partial charge on any atom is 0.311 e. The molecule has 16 heavy (non-hydrogen) atoms. The summed E-state index contributed by atoms with van der Waals surface area (Å²) in [7, 11) is 0. The van der Waals surface area contributed by atoms with Crippen LogP contribution in [-0.4, -0.2) is 18.1 Å². The Labute approximate surface area is 99.4 Å². The molecule has 0 unspecified atom stereocenters. The van der Waals surface area contributed by atoms with Crippen molar-refractivity contribution in [2.45, 2.75) is 19.3 Å². The average Bonchev–Trinajstić information content (AvgIpc) is 2.30. The molecule has 0 aliphatic rings. The molecular weight excluding hydrogens is 228 g/mol. The van der Waals surface area contributed by atoms with Crippen LogP contribution in [0.25, 0.3) is 0 Å². The summed E-state index contributed by atoms with van der Waals surface area (Å²) in [6.45, 7) is 0. The standard InChI is InChI=1S/C12H13ClO3/c13-8-4-3-7-12(15)16-11-6-2-1-5-10(11)9-14/h1-2,5-6,9H,3-4,7-8H2. The Morgan fingerprint density at radius 2 is 2.06 bits per heavy atom. The molecular formula is C12H13ClO3. The van der Waals surface area contributed by atoms with E-state index < -0.39 is 0 Å². The zero-order valence-corrected chi connectivity index (χ0v) is 9.57. The Hall–Kier alpha value is -1.35. The number of unbranched alkanes of at least 4 members (excludes halogenated alkanes) is 1. The molecule has 0 atom stereocenters. The van der Waals surface area contributed by atoms with E-state index >= 15 is 0 Å². The number of carbonyl (C=O) groups is 2. The van der Waals surface area contributed by atoms with Crippen LogP contribution in [0, 0.1) is 0 Å². The first-order chi connectivity index (χ1) is 7.77. The molecule has 0 heterocycles. The lowest BCUT2D eigenvalue weighted by Crippen LogP contribution is -2.08. The molecule has 1 aromatic rings. The minimum absolute atomic E-state index is 0.313. The molecule has 0 aliphatic heterocycles. The van der Waals surface area contributed by atoms with Crippen molar-refractivity contribution in [3.05, 3.63) is 29.8 Å². The summed E-state index contributed by atoms with van der Waals surface area (Å²) in [5.41, 5.74) is 0.383. The topological polar surface area (TPSA) is 43.4 Å². The molecule has 1 aromatic carbocycles.